The fraction of sp³-hybridized carbons (Fsp3) is 0.412. The highest BCUT2D eigenvalue weighted by molar-refractivity contribution is 6.36. The fourth-order valence-electron chi connectivity index (χ4n) is 2.92. The van der Waals surface area contributed by atoms with Crippen LogP contribution in [0.2, 0.25) is 10.0 Å². The summed E-state index contributed by atoms with van der Waals surface area (Å²) in [5.74, 6) is 0.331. The molecule has 24 heavy (non-hydrogen) atoms. The summed E-state index contributed by atoms with van der Waals surface area (Å²) >= 11 is 12.1. The van der Waals surface area contributed by atoms with Crippen LogP contribution in [0, 0.1) is 0 Å². The van der Waals surface area contributed by atoms with Crippen molar-refractivity contribution in [3.05, 3.63) is 40.0 Å². The summed E-state index contributed by atoms with van der Waals surface area (Å²) in [5, 5.41) is 4.94. The van der Waals surface area contributed by atoms with Gasteiger partial charge < -0.3 is 9.42 Å². The topological polar surface area (TPSA) is 49.6 Å². The van der Waals surface area contributed by atoms with E-state index in [0.717, 1.165) is 6.54 Å². The molecule has 2 heterocycles. The van der Waals surface area contributed by atoms with Crippen LogP contribution >= 0.6 is 23.2 Å². The van der Waals surface area contributed by atoms with Gasteiger partial charge in [-0.15, -0.1) is 0 Å². The number of rotatable bonds is 2. The van der Waals surface area contributed by atoms with Gasteiger partial charge in [-0.2, -0.15) is 0 Å². The molecule has 0 aliphatic carbocycles. The Balaban J connectivity index is 1.83. The van der Waals surface area contributed by atoms with Gasteiger partial charge in [-0.3, -0.25) is 9.69 Å². The van der Waals surface area contributed by atoms with E-state index in [9.17, 15) is 4.79 Å². The Labute approximate surface area is 151 Å². The van der Waals surface area contributed by atoms with Crippen molar-refractivity contribution in [2.45, 2.75) is 25.9 Å². The molecular formula is C17H19Cl2N3O2. The Morgan fingerprint density at radius 3 is 2.67 bits per heavy atom. The number of hydrogen-bond acceptors (Lipinski definition) is 4. The average Bonchev–Trinajstić information content (AvgIpc) is 3.00. The number of aromatic nitrogens is 1. The molecule has 0 radical (unpaired) electrons. The number of amides is 1. The van der Waals surface area contributed by atoms with E-state index in [-0.39, 0.29) is 11.9 Å². The molecule has 0 N–H and O–H groups in total. The lowest BCUT2D eigenvalue weighted by molar-refractivity contribution is 0.0389. The van der Waals surface area contributed by atoms with Crippen LogP contribution in [-0.4, -0.2) is 53.1 Å². The van der Waals surface area contributed by atoms with Crippen molar-refractivity contribution in [3.8, 4) is 11.3 Å². The maximum Gasteiger partial charge on any atom is 0.276 e. The first kappa shape index (κ1) is 17.3. The lowest BCUT2D eigenvalue weighted by Gasteiger charge is -2.42. The zero-order valence-electron chi connectivity index (χ0n) is 13.8. The second kappa shape index (κ2) is 6.75. The smallest absolute Gasteiger partial charge is 0.276 e. The number of piperazine rings is 1. The van der Waals surface area contributed by atoms with Crippen LogP contribution in [0.4, 0.5) is 0 Å². The molecule has 5 nitrogen and oxygen atoms in total. The van der Waals surface area contributed by atoms with E-state index in [0.29, 0.717) is 39.6 Å². The van der Waals surface area contributed by atoms with E-state index >= 15 is 0 Å². The van der Waals surface area contributed by atoms with Gasteiger partial charge >= 0.3 is 0 Å². The van der Waals surface area contributed by atoms with Crippen molar-refractivity contribution in [1.82, 2.24) is 15.0 Å². The van der Waals surface area contributed by atoms with Crippen LogP contribution in [0.3, 0.4) is 0 Å². The summed E-state index contributed by atoms with van der Waals surface area (Å²) in [7, 11) is 2.07. The molecule has 0 saturated carbocycles. The van der Waals surface area contributed by atoms with Gasteiger partial charge in [0.25, 0.3) is 5.91 Å². The summed E-state index contributed by atoms with van der Waals surface area (Å²) < 4.78 is 5.33. The van der Waals surface area contributed by atoms with Gasteiger partial charge in [0.2, 0.25) is 0 Å². The molecule has 2 aromatic rings. The van der Waals surface area contributed by atoms with E-state index in [1.807, 2.05) is 11.8 Å². The van der Waals surface area contributed by atoms with Gasteiger partial charge in [-0.05, 0) is 39.1 Å². The first-order valence-electron chi connectivity index (χ1n) is 7.80. The van der Waals surface area contributed by atoms with E-state index in [1.54, 1.807) is 24.3 Å². The molecule has 7 heteroatoms. The first-order chi connectivity index (χ1) is 11.4. The predicted octanol–water partition coefficient (Wildman–Crippen LogP) is 3.81. The van der Waals surface area contributed by atoms with Crippen molar-refractivity contribution in [2.75, 3.05) is 20.1 Å². The molecule has 1 amide bonds. The Kier molecular flexibility index (Phi) is 4.85. The number of nitrogens with zero attached hydrogens (tertiary/aromatic N) is 3. The normalized spacial score (nSPS) is 22.0. The van der Waals surface area contributed by atoms with Crippen LogP contribution in [0.1, 0.15) is 24.3 Å². The number of carbonyl (C=O) groups excluding carboxylic acids is 1. The molecule has 2 unspecified atom stereocenters. The van der Waals surface area contributed by atoms with Crippen LogP contribution < -0.4 is 0 Å². The number of likely N-dealkylation sites (N-methyl/N-ethyl adjacent to an activating group) is 1. The molecule has 1 saturated heterocycles. The highest BCUT2D eigenvalue weighted by atomic mass is 35.5. The minimum Gasteiger partial charge on any atom is -0.355 e. The molecule has 0 spiro atoms. The molecule has 1 aliphatic heterocycles. The summed E-state index contributed by atoms with van der Waals surface area (Å²) in [6.45, 7) is 5.65. The van der Waals surface area contributed by atoms with Crippen LogP contribution in [0.25, 0.3) is 11.3 Å². The minimum atomic E-state index is -0.123. The minimum absolute atomic E-state index is 0.123. The maximum atomic E-state index is 12.8. The van der Waals surface area contributed by atoms with Crippen LogP contribution in [-0.2, 0) is 0 Å². The molecule has 1 fully saturated rings. The molecular weight excluding hydrogens is 349 g/mol. The monoisotopic (exact) mass is 367 g/mol. The van der Waals surface area contributed by atoms with Crippen LogP contribution in [0.5, 0.6) is 0 Å². The number of carbonyl (C=O) groups is 1. The third-order valence-corrected chi connectivity index (χ3v) is 5.03. The van der Waals surface area contributed by atoms with Crippen molar-refractivity contribution >= 4 is 29.1 Å². The van der Waals surface area contributed by atoms with Crippen molar-refractivity contribution in [2.24, 2.45) is 0 Å². The Bertz CT molecular complexity index is 762. The molecule has 2 atom stereocenters. The van der Waals surface area contributed by atoms with Crippen LogP contribution in [0.15, 0.2) is 28.8 Å². The summed E-state index contributed by atoms with van der Waals surface area (Å²) in [6, 6.07) is 7.16. The predicted molar refractivity (Wildman–Crippen MR) is 94.5 cm³/mol. The third kappa shape index (κ3) is 3.29. The zero-order valence-corrected chi connectivity index (χ0v) is 15.3. The van der Waals surface area contributed by atoms with Gasteiger partial charge in [-0.25, -0.2) is 0 Å². The highest BCUT2D eigenvalue weighted by Crippen LogP contribution is 2.31. The molecule has 1 aromatic heterocycles. The van der Waals surface area contributed by atoms with E-state index in [2.05, 4.69) is 24.0 Å². The molecule has 1 aliphatic rings. The quantitative estimate of drug-likeness (QED) is 0.809. The fourth-order valence-corrected chi connectivity index (χ4v) is 3.42. The second-order valence-corrected chi connectivity index (χ2v) is 7.14. The standard InChI is InChI=1S/C17H19Cl2N3O2/c1-10-9-22(11(2)8-21(10)3)17(23)15-7-16(24-20-15)13-5-4-12(18)6-14(13)19/h4-7,10-11H,8-9H2,1-3H3. The highest BCUT2D eigenvalue weighted by Gasteiger charge is 2.32. The third-order valence-electron chi connectivity index (χ3n) is 4.48. The Morgan fingerprint density at radius 2 is 1.96 bits per heavy atom. The van der Waals surface area contributed by atoms with E-state index in [4.69, 9.17) is 27.7 Å². The number of benzene rings is 1. The Hall–Kier alpha value is -1.56. The zero-order chi connectivity index (χ0) is 17.4. The largest absolute Gasteiger partial charge is 0.355 e. The Morgan fingerprint density at radius 1 is 1.21 bits per heavy atom. The van der Waals surface area contributed by atoms with Crippen molar-refractivity contribution in [1.29, 1.82) is 0 Å². The summed E-state index contributed by atoms with van der Waals surface area (Å²) in [6.07, 6.45) is 0. The van der Waals surface area contributed by atoms with E-state index < -0.39 is 0 Å². The number of halogens is 2. The van der Waals surface area contributed by atoms with Crippen molar-refractivity contribution in [3.63, 3.8) is 0 Å². The molecule has 128 valence electrons. The van der Waals surface area contributed by atoms with Gasteiger partial charge in [-0.1, -0.05) is 28.4 Å². The lowest BCUT2D eigenvalue weighted by Crippen LogP contribution is -2.56. The summed E-state index contributed by atoms with van der Waals surface area (Å²) in [4.78, 5) is 16.9. The number of hydrogen-bond donors (Lipinski definition) is 0. The lowest BCUT2D eigenvalue weighted by atomic mass is 10.1. The van der Waals surface area contributed by atoms with Gasteiger partial charge in [0.05, 0.1) is 5.02 Å². The second-order valence-electron chi connectivity index (χ2n) is 6.30. The SMILES string of the molecule is CC1CN(C(=O)c2cc(-c3ccc(Cl)cc3Cl)on2)C(C)CN1C. The molecule has 1 aromatic carbocycles. The average molecular weight is 368 g/mol. The van der Waals surface area contributed by atoms with Gasteiger partial charge in [0, 0.05) is 41.8 Å². The van der Waals surface area contributed by atoms with E-state index in [1.165, 1.54) is 0 Å². The molecule has 3 rings (SSSR count). The summed E-state index contributed by atoms with van der Waals surface area (Å²) in [5.41, 5.74) is 0.951. The molecule has 0 bridgehead atoms. The maximum absolute atomic E-state index is 12.8. The van der Waals surface area contributed by atoms with Crippen molar-refractivity contribution < 1.29 is 9.32 Å². The van der Waals surface area contributed by atoms with Gasteiger partial charge in [0.15, 0.2) is 11.5 Å². The van der Waals surface area contributed by atoms with Gasteiger partial charge in [0.1, 0.15) is 0 Å². The first-order valence-corrected chi connectivity index (χ1v) is 8.55.